The summed E-state index contributed by atoms with van der Waals surface area (Å²) in [5.74, 6) is 0.181. The predicted molar refractivity (Wildman–Crippen MR) is 97.2 cm³/mol. The summed E-state index contributed by atoms with van der Waals surface area (Å²) in [6, 6.07) is 9.56. The molecule has 8 heteroatoms. The van der Waals surface area contributed by atoms with E-state index in [1.54, 1.807) is 11.1 Å². The third-order valence-corrected chi connectivity index (χ3v) is 5.86. The molecule has 4 rings (SSSR count). The van der Waals surface area contributed by atoms with Crippen LogP contribution < -0.4 is 4.72 Å². The molecule has 3 atom stereocenters. The minimum Gasteiger partial charge on any atom is -0.376 e. The molecule has 0 aliphatic carbocycles. The van der Waals surface area contributed by atoms with Crippen molar-refractivity contribution in [3.63, 3.8) is 0 Å². The molecule has 0 spiro atoms. The highest BCUT2D eigenvalue weighted by atomic mass is 32.2. The number of aromatic nitrogens is 1. The first-order valence-corrected chi connectivity index (χ1v) is 10.5. The second-order valence-electron chi connectivity index (χ2n) is 7.04. The molecule has 138 valence electrons. The molecule has 2 fully saturated rings. The maximum atomic E-state index is 12.9. The molecule has 0 unspecified atom stereocenters. The zero-order chi connectivity index (χ0) is 18.3. The summed E-state index contributed by atoms with van der Waals surface area (Å²) in [4.78, 5) is 19.0. The van der Waals surface area contributed by atoms with Crippen molar-refractivity contribution in [1.82, 2.24) is 14.6 Å². The maximum absolute atomic E-state index is 12.9. The number of hydrogen-bond donors (Lipinski definition) is 1. The molecular weight excluding hydrogens is 354 g/mol. The largest absolute Gasteiger partial charge is 0.376 e. The van der Waals surface area contributed by atoms with Gasteiger partial charge in [-0.2, -0.15) is 0 Å². The molecule has 3 heterocycles. The molecule has 26 heavy (non-hydrogen) atoms. The summed E-state index contributed by atoms with van der Waals surface area (Å²) in [6.45, 7) is 1.98. The molecule has 0 bridgehead atoms. The number of carbonyl (C=O) groups excluding carboxylic acids is 1. The van der Waals surface area contributed by atoms with Gasteiger partial charge in [-0.3, -0.25) is 9.78 Å². The Bertz CT molecular complexity index is 946. The van der Waals surface area contributed by atoms with Gasteiger partial charge in [0.2, 0.25) is 10.0 Å². The minimum absolute atomic E-state index is 0.0290. The van der Waals surface area contributed by atoms with Crippen molar-refractivity contribution in [2.24, 2.45) is 11.8 Å². The van der Waals surface area contributed by atoms with Crippen LogP contribution in [-0.4, -0.2) is 62.8 Å². The number of sulfonamides is 1. The van der Waals surface area contributed by atoms with Gasteiger partial charge in [0, 0.05) is 43.1 Å². The molecule has 2 aliphatic rings. The van der Waals surface area contributed by atoms with Crippen LogP contribution in [0.1, 0.15) is 10.4 Å². The number of amides is 1. The molecule has 1 amide bonds. The van der Waals surface area contributed by atoms with Gasteiger partial charge in [0.05, 0.1) is 30.0 Å². The number of benzene rings is 1. The van der Waals surface area contributed by atoms with Crippen molar-refractivity contribution in [2.45, 2.75) is 6.10 Å². The molecule has 0 radical (unpaired) electrons. The van der Waals surface area contributed by atoms with E-state index in [-0.39, 0.29) is 23.8 Å². The zero-order valence-electron chi connectivity index (χ0n) is 14.5. The standard InChI is InChI=1S/C18H21N3O4S/c1-26(23,24)20-8-14-11-25-17-10-21(9-15(14)17)18(22)13-6-12-4-2-3-5-16(12)19-7-13/h2-7,14-15,17,20H,8-11H2,1H3/t14-,15-,17-/m1/s1. The quantitative estimate of drug-likeness (QED) is 0.857. The average molecular weight is 375 g/mol. The van der Waals surface area contributed by atoms with Gasteiger partial charge in [-0.15, -0.1) is 0 Å². The number of likely N-dealkylation sites (tertiary alicyclic amines) is 1. The fraction of sp³-hybridized carbons (Fsp3) is 0.444. The first-order chi connectivity index (χ1) is 12.4. The van der Waals surface area contributed by atoms with Gasteiger partial charge >= 0.3 is 0 Å². The number of pyridine rings is 1. The minimum atomic E-state index is -3.23. The molecule has 1 aromatic carbocycles. The van der Waals surface area contributed by atoms with Crippen LogP contribution >= 0.6 is 0 Å². The first kappa shape index (κ1) is 17.4. The number of hydrogen-bond acceptors (Lipinski definition) is 5. The van der Waals surface area contributed by atoms with E-state index in [4.69, 9.17) is 4.74 Å². The van der Waals surface area contributed by atoms with Crippen molar-refractivity contribution in [3.8, 4) is 0 Å². The molecular formula is C18H21N3O4S. The van der Waals surface area contributed by atoms with Gasteiger partial charge < -0.3 is 9.64 Å². The van der Waals surface area contributed by atoms with Crippen molar-refractivity contribution < 1.29 is 17.9 Å². The Morgan fingerprint density at radius 1 is 1.35 bits per heavy atom. The van der Waals surface area contributed by atoms with E-state index in [0.29, 0.717) is 31.8 Å². The molecule has 2 aromatic rings. The predicted octanol–water partition coefficient (Wildman–Crippen LogP) is 0.871. The van der Waals surface area contributed by atoms with E-state index < -0.39 is 10.0 Å². The topological polar surface area (TPSA) is 88.6 Å². The van der Waals surface area contributed by atoms with E-state index in [2.05, 4.69) is 9.71 Å². The Labute approximate surface area is 152 Å². The maximum Gasteiger partial charge on any atom is 0.255 e. The number of rotatable bonds is 4. The average Bonchev–Trinajstić information content (AvgIpc) is 3.19. The van der Waals surface area contributed by atoms with Crippen LogP contribution in [0.4, 0.5) is 0 Å². The van der Waals surface area contributed by atoms with Crippen LogP contribution in [0, 0.1) is 11.8 Å². The summed E-state index contributed by atoms with van der Waals surface area (Å²) >= 11 is 0. The van der Waals surface area contributed by atoms with E-state index >= 15 is 0 Å². The third kappa shape index (κ3) is 3.44. The molecule has 0 saturated carbocycles. The zero-order valence-corrected chi connectivity index (χ0v) is 15.3. The Balaban J connectivity index is 1.46. The Morgan fingerprint density at radius 2 is 2.15 bits per heavy atom. The van der Waals surface area contributed by atoms with E-state index in [9.17, 15) is 13.2 Å². The monoisotopic (exact) mass is 375 g/mol. The van der Waals surface area contributed by atoms with Crippen LogP contribution in [0.3, 0.4) is 0 Å². The summed E-state index contributed by atoms with van der Waals surface area (Å²) in [5, 5.41) is 0.934. The van der Waals surface area contributed by atoms with Crippen LogP contribution in [0.15, 0.2) is 36.5 Å². The Hall–Kier alpha value is -2.03. The van der Waals surface area contributed by atoms with Crippen molar-refractivity contribution in [2.75, 3.05) is 32.5 Å². The molecule has 7 nitrogen and oxygen atoms in total. The van der Waals surface area contributed by atoms with Crippen LogP contribution in [0.5, 0.6) is 0 Å². The van der Waals surface area contributed by atoms with Gasteiger partial charge in [-0.1, -0.05) is 18.2 Å². The van der Waals surface area contributed by atoms with Gasteiger partial charge in [-0.25, -0.2) is 13.1 Å². The van der Waals surface area contributed by atoms with Crippen LogP contribution in [-0.2, 0) is 14.8 Å². The highest BCUT2D eigenvalue weighted by Crippen LogP contribution is 2.34. The van der Waals surface area contributed by atoms with Crippen LogP contribution in [0.2, 0.25) is 0 Å². The van der Waals surface area contributed by atoms with E-state index in [1.165, 1.54) is 0 Å². The lowest BCUT2D eigenvalue weighted by Crippen LogP contribution is -2.35. The van der Waals surface area contributed by atoms with Crippen molar-refractivity contribution in [1.29, 1.82) is 0 Å². The second-order valence-corrected chi connectivity index (χ2v) is 8.88. The third-order valence-electron chi connectivity index (χ3n) is 5.17. The smallest absolute Gasteiger partial charge is 0.255 e. The second kappa shape index (κ2) is 6.61. The highest BCUT2D eigenvalue weighted by molar-refractivity contribution is 7.88. The fourth-order valence-corrected chi connectivity index (χ4v) is 4.32. The summed E-state index contributed by atoms with van der Waals surface area (Å²) in [6.07, 6.45) is 2.73. The SMILES string of the molecule is CS(=O)(=O)NC[C@@H]1CO[C@@H]2CN(C(=O)c3cnc4ccccc4c3)C[C@H]12. The van der Waals surface area contributed by atoms with Gasteiger partial charge in [0.1, 0.15) is 0 Å². The molecule has 2 aliphatic heterocycles. The van der Waals surface area contributed by atoms with Gasteiger partial charge in [0.25, 0.3) is 5.91 Å². The number of para-hydroxylation sites is 1. The normalized spacial score (nSPS) is 25.6. The number of nitrogens with one attached hydrogen (secondary N) is 1. The highest BCUT2D eigenvalue weighted by Gasteiger charge is 2.45. The van der Waals surface area contributed by atoms with E-state index in [1.807, 2.05) is 30.3 Å². The van der Waals surface area contributed by atoms with E-state index in [0.717, 1.165) is 17.2 Å². The van der Waals surface area contributed by atoms with Crippen molar-refractivity contribution >= 4 is 26.8 Å². The van der Waals surface area contributed by atoms with Gasteiger partial charge in [-0.05, 0) is 12.1 Å². The number of fused-ring (bicyclic) bond motifs is 2. The Kier molecular flexibility index (Phi) is 4.42. The first-order valence-electron chi connectivity index (χ1n) is 8.61. The number of carbonyl (C=O) groups is 1. The fourth-order valence-electron chi connectivity index (χ4n) is 3.80. The molecule has 2 saturated heterocycles. The summed E-state index contributed by atoms with van der Waals surface area (Å²) in [5.41, 5.74) is 1.42. The lowest BCUT2D eigenvalue weighted by atomic mass is 9.93. The number of ether oxygens (including phenoxy) is 1. The van der Waals surface area contributed by atoms with Gasteiger partial charge in [0.15, 0.2) is 0 Å². The van der Waals surface area contributed by atoms with Crippen LogP contribution in [0.25, 0.3) is 10.9 Å². The lowest BCUT2D eigenvalue weighted by molar-refractivity contribution is 0.0678. The Morgan fingerprint density at radius 3 is 2.96 bits per heavy atom. The lowest BCUT2D eigenvalue weighted by Gasteiger charge is -2.20. The molecule has 1 aromatic heterocycles. The summed E-state index contributed by atoms with van der Waals surface area (Å²) in [7, 11) is -3.23. The number of nitrogens with zero attached hydrogens (tertiary/aromatic N) is 2. The molecule has 1 N–H and O–H groups in total. The summed E-state index contributed by atoms with van der Waals surface area (Å²) < 4.78 is 31.0. The van der Waals surface area contributed by atoms with Crippen molar-refractivity contribution in [3.05, 3.63) is 42.1 Å².